The van der Waals surface area contributed by atoms with Gasteiger partial charge in [0.1, 0.15) is 11.6 Å². The fraction of sp³-hybridized carbons (Fsp3) is 0.100. The van der Waals surface area contributed by atoms with Crippen LogP contribution in [0.3, 0.4) is 0 Å². The van der Waals surface area contributed by atoms with Crippen LogP contribution in [-0.2, 0) is 6.54 Å². The number of nitrogen functional groups attached to an aromatic ring is 1. The molecule has 0 saturated carbocycles. The summed E-state index contributed by atoms with van der Waals surface area (Å²) in [6.45, 7) is 0.286. The summed E-state index contributed by atoms with van der Waals surface area (Å²) >= 11 is 0. The first-order valence-corrected chi connectivity index (χ1v) is 4.45. The van der Waals surface area contributed by atoms with Gasteiger partial charge in [-0.15, -0.1) is 0 Å². The van der Waals surface area contributed by atoms with Gasteiger partial charge < -0.3 is 5.73 Å². The van der Waals surface area contributed by atoms with Gasteiger partial charge in [0.15, 0.2) is 0 Å². The smallest absolute Gasteiger partial charge is 0.268 e. The van der Waals surface area contributed by atoms with Crippen LogP contribution in [0.2, 0.25) is 0 Å². The van der Waals surface area contributed by atoms with E-state index in [1.807, 2.05) is 0 Å². The summed E-state index contributed by atoms with van der Waals surface area (Å²) < 4.78 is 14.2. The van der Waals surface area contributed by atoms with Gasteiger partial charge in [0.05, 0.1) is 6.54 Å². The van der Waals surface area contributed by atoms with E-state index in [2.05, 4.69) is 5.10 Å². The third-order valence-corrected chi connectivity index (χ3v) is 2.04. The predicted octanol–water partition coefficient (Wildman–Crippen LogP) is 0.946. The molecule has 1 heterocycles. The van der Waals surface area contributed by atoms with Crippen LogP contribution in [0.5, 0.6) is 0 Å². The molecular formula is C10H10FN3O. The Morgan fingerprint density at radius 1 is 1.40 bits per heavy atom. The van der Waals surface area contributed by atoms with Gasteiger partial charge in [-0.25, -0.2) is 9.07 Å². The largest absolute Gasteiger partial charge is 0.384 e. The highest BCUT2D eigenvalue weighted by molar-refractivity contribution is 5.25. The minimum Gasteiger partial charge on any atom is -0.384 e. The topological polar surface area (TPSA) is 63.8 Å². The van der Waals surface area contributed by atoms with Crippen molar-refractivity contribution >= 4 is 5.82 Å². The van der Waals surface area contributed by atoms with Crippen LogP contribution in [0.1, 0.15) is 5.56 Å². The lowest BCUT2D eigenvalue weighted by Gasteiger charge is -2.01. The lowest BCUT2D eigenvalue weighted by molar-refractivity contribution is 0.617. The van der Waals surface area contributed by atoms with Crippen LogP contribution in [0.4, 0.5) is 10.2 Å². The van der Waals surface area contributed by atoms with Crippen molar-refractivity contribution in [3.8, 4) is 0 Å². The number of aromatic nitrogens is 2. The maximum atomic E-state index is 12.9. The highest BCUT2D eigenvalue weighted by Crippen LogP contribution is 2.04. The molecule has 0 aliphatic carbocycles. The van der Waals surface area contributed by atoms with E-state index in [0.29, 0.717) is 11.4 Å². The van der Waals surface area contributed by atoms with E-state index >= 15 is 0 Å². The molecule has 0 spiro atoms. The van der Waals surface area contributed by atoms with Crippen molar-refractivity contribution in [2.45, 2.75) is 6.54 Å². The number of aromatic amines is 1. The summed E-state index contributed by atoms with van der Waals surface area (Å²) in [6, 6.07) is 7.37. The van der Waals surface area contributed by atoms with Gasteiger partial charge in [-0.1, -0.05) is 12.1 Å². The van der Waals surface area contributed by atoms with Crippen molar-refractivity contribution in [1.82, 2.24) is 9.78 Å². The van der Waals surface area contributed by atoms with Crippen LogP contribution >= 0.6 is 0 Å². The van der Waals surface area contributed by atoms with Crippen LogP contribution < -0.4 is 11.3 Å². The molecule has 0 saturated heterocycles. The third kappa shape index (κ3) is 2.07. The molecule has 1 aromatic carbocycles. The molecule has 0 amide bonds. The molecule has 0 fully saturated rings. The van der Waals surface area contributed by atoms with Crippen molar-refractivity contribution in [2.75, 3.05) is 5.73 Å². The average Bonchev–Trinajstić information content (AvgIpc) is 2.45. The number of nitrogens with one attached hydrogen (secondary N) is 1. The van der Waals surface area contributed by atoms with E-state index in [0.717, 1.165) is 0 Å². The zero-order chi connectivity index (χ0) is 10.8. The number of hydrogen-bond donors (Lipinski definition) is 2. The molecule has 5 heteroatoms. The van der Waals surface area contributed by atoms with Gasteiger partial charge in [0, 0.05) is 6.07 Å². The number of H-pyrrole nitrogens is 1. The Bertz CT molecular complexity index is 529. The molecule has 78 valence electrons. The Morgan fingerprint density at radius 3 is 2.80 bits per heavy atom. The maximum absolute atomic E-state index is 12.9. The molecular weight excluding hydrogens is 197 g/mol. The summed E-state index contributed by atoms with van der Waals surface area (Å²) in [6.07, 6.45) is 0. The first-order valence-electron chi connectivity index (χ1n) is 4.45. The Balaban J connectivity index is 2.29. The second kappa shape index (κ2) is 3.61. The number of hydrogen-bond acceptors (Lipinski definition) is 2. The number of benzene rings is 1. The van der Waals surface area contributed by atoms with Crippen LogP contribution in [-0.4, -0.2) is 9.78 Å². The molecule has 15 heavy (non-hydrogen) atoms. The third-order valence-electron chi connectivity index (χ3n) is 2.04. The van der Waals surface area contributed by atoms with Crippen molar-refractivity contribution in [1.29, 1.82) is 0 Å². The Kier molecular flexibility index (Phi) is 2.29. The van der Waals surface area contributed by atoms with Gasteiger partial charge in [-0.05, 0) is 17.7 Å². The Labute approximate surface area is 85.1 Å². The number of halogens is 1. The first-order chi connectivity index (χ1) is 7.15. The summed E-state index contributed by atoms with van der Waals surface area (Å²) in [4.78, 5) is 11.3. The van der Waals surface area contributed by atoms with Crippen LogP contribution in [0.25, 0.3) is 0 Å². The minimum atomic E-state index is -0.319. The van der Waals surface area contributed by atoms with Gasteiger partial charge in [-0.2, -0.15) is 0 Å². The molecule has 4 nitrogen and oxygen atoms in total. The van der Waals surface area contributed by atoms with E-state index in [1.165, 1.54) is 22.9 Å². The van der Waals surface area contributed by atoms with Crippen molar-refractivity contribution < 1.29 is 4.39 Å². The molecule has 0 aliphatic heterocycles. The normalized spacial score (nSPS) is 10.5. The lowest BCUT2D eigenvalue weighted by atomic mass is 10.2. The molecule has 0 radical (unpaired) electrons. The molecule has 0 aliphatic rings. The molecule has 0 bridgehead atoms. The second-order valence-corrected chi connectivity index (χ2v) is 3.27. The van der Waals surface area contributed by atoms with E-state index in [-0.39, 0.29) is 17.9 Å². The van der Waals surface area contributed by atoms with E-state index in [4.69, 9.17) is 5.73 Å². The van der Waals surface area contributed by atoms with Gasteiger partial charge >= 0.3 is 0 Å². The van der Waals surface area contributed by atoms with Gasteiger partial charge in [0.2, 0.25) is 0 Å². The van der Waals surface area contributed by atoms with E-state index in [1.54, 1.807) is 12.1 Å². The van der Waals surface area contributed by atoms with Crippen molar-refractivity contribution in [3.63, 3.8) is 0 Å². The number of nitrogens with two attached hydrogens (primary N) is 1. The summed E-state index contributed by atoms with van der Waals surface area (Å²) in [5.41, 5.74) is 5.89. The van der Waals surface area contributed by atoms with E-state index in [9.17, 15) is 9.18 Å². The summed E-state index contributed by atoms with van der Waals surface area (Å²) in [7, 11) is 0. The van der Waals surface area contributed by atoms with Gasteiger partial charge in [0.25, 0.3) is 5.56 Å². The zero-order valence-corrected chi connectivity index (χ0v) is 7.90. The highest BCUT2D eigenvalue weighted by Gasteiger charge is 2.01. The number of rotatable bonds is 2. The fourth-order valence-corrected chi connectivity index (χ4v) is 1.39. The average molecular weight is 207 g/mol. The predicted molar refractivity (Wildman–Crippen MR) is 55.0 cm³/mol. The van der Waals surface area contributed by atoms with Gasteiger partial charge in [-0.3, -0.25) is 9.89 Å². The molecule has 2 aromatic rings. The number of anilines is 1. The summed E-state index contributed by atoms with van der Waals surface area (Å²) in [5.74, 6) is -0.0171. The SMILES string of the molecule is Nc1cc(=O)n(Cc2cccc(F)c2)[nH]1. The molecule has 1 aromatic heterocycles. The maximum Gasteiger partial charge on any atom is 0.268 e. The first kappa shape index (κ1) is 9.51. The standard InChI is InChI=1S/C10H10FN3O/c11-8-3-1-2-7(4-8)6-14-10(15)5-9(12)13-14/h1-5,13H,6,12H2. The second-order valence-electron chi connectivity index (χ2n) is 3.27. The highest BCUT2D eigenvalue weighted by atomic mass is 19.1. The monoisotopic (exact) mass is 207 g/mol. The quantitative estimate of drug-likeness (QED) is 0.769. The fourth-order valence-electron chi connectivity index (χ4n) is 1.39. The molecule has 2 rings (SSSR count). The zero-order valence-electron chi connectivity index (χ0n) is 7.90. The lowest BCUT2D eigenvalue weighted by Crippen LogP contribution is -2.16. The van der Waals surface area contributed by atoms with Crippen LogP contribution in [0, 0.1) is 5.82 Å². The Morgan fingerprint density at radius 2 is 2.20 bits per heavy atom. The van der Waals surface area contributed by atoms with Crippen molar-refractivity contribution in [3.05, 3.63) is 52.1 Å². The van der Waals surface area contributed by atoms with E-state index < -0.39 is 0 Å². The molecule has 3 N–H and O–H groups in total. The molecule has 0 atom stereocenters. The summed E-state index contributed by atoms with van der Waals surface area (Å²) in [5, 5.41) is 2.67. The minimum absolute atomic E-state index is 0.225. The number of nitrogens with zero attached hydrogens (tertiary/aromatic N) is 1. The van der Waals surface area contributed by atoms with Crippen molar-refractivity contribution in [2.24, 2.45) is 0 Å². The Hall–Kier alpha value is -2.04. The molecule has 0 unspecified atom stereocenters. The van der Waals surface area contributed by atoms with Crippen LogP contribution in [0.15, 0.2) is 35.1 Å².